The van der Waals surface area contributed by atoms with Crippen LogP contribution in [0.2, 0.25) is 0 Å². The summed E-state index contributed by atoms with van der Waals surface area (Å²) in [5.74, 6) is -0.459. The third kappa shape index (κ3) is 2.79. The Labute approximate surface area is 79.8 Å². The van der Waals surface area contributed by atoms with Crippen molar-refractivity contribution in [1.82, 2.24) is 10.3 Å². The number of thiophene rings is 1. The molecule has 0 atom stereocenters. The molecule has 1 rings (SSSR count). The zero-order valence-electron chi connectivity index (χ0n) is 6.77. The summed E-state index contributed by atoms with van der Waals surface area (Å²) in [5, 5.41) is 3.12. The van der Waals surface area contributed by atoms with Gasteiger partial charge in [-0.15, -0.1) is 4.83 Å². The van der Waals surface area contributed by atoms with E-state index in [4.69, 9.17) is 0 Å². The molecule has 13 heavy (non-hydrogen) atoms. The second-order valence-electron chi connectivity index (χ2n) is 2.25. The molecule has 0 aliphatic carbocycles. The molecule has 0 bridgehead atoms. The van der Waals surface area contributed by atoms with E-state index in [1.807, 2.05) is 10.3 Å². The highest BCUT2D eigenvalue weighted by Gasteiger charge is 2.13. The number of hydrazine groups is 1. The van der Waals surface area contributed by atoms with Crippen LogP contribution >= 0.6 is 11.3 Å². The van der Waals surface area contributed by atoms with E-state index >= 15 is 0 Å². The summed E-state index contributed by atoms with van der Waals surface area (Å²) in [4.78, 5) is 12.5. The van der Waals surface area contributed by atoms with Gasteiger partial charge in [0.15, 0.2) is 0 Å². The quantitative estimate of drug-likeness (QED) is 0.708. The Hall–Kier alpha value is -0.920. The van der Waals surface area contributed by atoms with E-state index in [0.29, 0.717) is 0 Å². The number of hydrogen-bond donors (Lipinski definition) is 2. The van der Waals surface area contributed by atoms with E-state index in [2.05, 4.69) is 0 Å². The van der Waals surface area contributed by atoms with Gasteiger partial charge in [-0.1, -0.05) is 0 Å². The second-order valence-corrected chi connectivity index (χ2v) is 4.71. The van der Waals surface area contributed by atoms with Crippen LogP contribution in [-0.4, -0.2) is 14.3 Å². The maximum atomic E-state index is 11.3. The molecule has 2 N–H and O–H groups in total. The van der Waals surface area contributed by atoms with Gasteiger partial charge in [-0.3, -0.25) is 10.2 Å². The van der Waals surface area contributed by atoms with Gasteiger partial charge in [0, 0.05) is 12.3 Å². The Morgan fingerprint density at radius 2 is 2.23 bits per heavy atom. The standard InChI is InChI=1S/C6H8N2O3S2/c1-5(9)7-8-13(10,11)6-2-3-12-4-6/h2-4,8H,1H3,(H,7,9). The smallest absolute Gasteiger partial charge is 0.258 e. The summed E-state index contributed by atoms with van der Waals surface area (Å²) < 4.78 is 22.6. The lowest BCUT2D eigenvalue weighted by molar-refractivity contribution is -0.119. The van der Waals surface area contributed by atoms with Crippen LogP contribution in [0.3, 0.4) is 0 Å². The number of hydrogen-bond acceptors (Lipinski definition) is 4. The van der Waals surface area contributed by atoms with Crippen LogP contribution in [0, 0.1) is 0 Å². The van der Waals surface area contributed by atoms with E-state index in [1.54, 1.807) is 5.38 Å². The van der Waals surface area contributed by atoms with Crippen LogP contribution in [0.5, 0.6) is 0 Å². The minimum Gasteiger partial charge on any atom is -0.278 e. The van der Waals surface area contributed by atoms with Crippen molar-refractivity contribution in [3.05, 3.63) is 16.8 Å². The third-order valence-electron chi connectivity index (χ3n) is 1.17. The van der Waals surface area contributed by atoms with Crippen molar-refractivity contribution >= 4 is 27.3 Å². The number of amides is 1. The van der Waals surface area contributed by atoms with E-state index in [9.17, 15) is 13.2 Å². The molecule has 7 heteroatoms. The Morgan fingerprint density at radius 3 is 2.69 bits per heavy atom. The van der Waals surface area contributed by atoms with Gasteiger partial charge in [-0.2, -0.15) is 11.3 Å². The largest absolute Gasteiger partial charge is 0.278 e. The second kappa shape index (κ2) is 3.86. The molecule has 0 saturated carbocycles. The fourth-order valence-corrected chi connectivity index (χ4v) is 2.52. The van der Waals surface area contributed by atoms with Crippen molar-refractivity contribution in [2.75, 3.05) is 0 Å². The molecule has 0 aliphatic heterocycles. The molecule has 5 nitrogen and oxygen atoms in total. The van der Waals surface area contributed by atoms with Crippen LogP contribution in [0.15, 0.2) is 21.7 Å². The molecule has 72 valence electrons. The Morgan fingerprint density at radius 1 is 1.54 bits per heavy atom. The zero-order valence-corrected chi connectivity index (χ0v) is 8.41. The first-order chi connectivity index (χ1) is 6.02. The number of carbonyl (C=O) groups excluding carboxylic acids is 1. The fourth-order valence-electron chi connectivity index (χ4n) is 0.603. The monoisotopic (exact) mass is 220 g/mol. The normalized spacial score (nSPS) is 11.2. The lowest BCUT2D eigenvalue weighted by Gasteiger charge is -2.03. The van der Waals surface area contributed by atoms with Crippen LogP contribution in [0.25, 0.3) is 0 Å². The molecule has 1 amide bonds. The molecule has 0 aliphatic rings. The van der Waals surface area contributed by atoms with Gasteiger partial charge in [-0.05, 0) is 11.4 Å². The topological polar surface area (TPSA) is 75.3 Å². The van der Waals surface area contributed by atoms with Crippen molar-refractivity contribution < 1.29 is 13.2 Å². The summed E-state index contributed by atoms with van der Waals surface area (Å²) in [5.41, 5.74) is 2.00. The predicted octanol–water partition coefficient (Wildman–Crippen LogP) is 0.0775. The predicted molar refractivity (Wildman–Crippen MR) is 48.5 cm³/mol. The summed E-state index contributed by atoms with van der Waals surface area (Å²) >= 11 is 1.27. The van der Waals surface area contributed by atoms with Crippen LogP contribution in [-0.2, 0) is 14.8 Å². The van der Waals surface area contributed by atoms with Gasteiger partial charge < -0.3 is 0 Å². The molecule has 1 aromatic heterocycles. The van der Waals surface area contributed by atoms with Crippen LogP contribution in [0.4, 0.5) is 0 Å². The highest BCUT2D eigenvalue weighted by molar-refractivity contribution is 7.89. The van der Waals surface area contributed by atoms with E-state index in [0.717, 1.165) is 0 Å². The average molecular weight is 220 g/mol. The van der Waals surface area contributed by atoms with Crippen molar-refractivity contribution in [2.24, 2.45) is 0 Å². The first kappa shape index (κ1) is 10.2. The molecule has 0 unspecified atom stereocenters. The highest BCUT2D eigenvalue weighted by atomic mass is 32.2. The Bertz CT molecular complexity index is 382. The number of sulfonamides is 1. The lowest BCUT2D eigenvalue weighted by atomic mass is 10.7. The molecule has 0 aromatic carbocycles. The first-order valence-corrected chi connectivity index (χ1v) is 5.75. The first-order valence-electron chi connectivity index (χ1n) is 3.33. The molecule has 0 radical (unpaired) electrons. The Kier molecular flexibility index (Phi) is 3.02. The summed E-state index contributed by atoms with van der Waals surface area (Å²) in [6, 6.07) is 1.45. The molecule has 1 heterocycles. The maximum Gasteiger partial charge on any atom is 0.258 e. The summed E-state index contributed by atoms with van der Waals surface area (Å²) in [7, 11) is -3.58. The van der Waals surface area contributed by atoms with Gasteiger partial charge in [0.25, 0.3) is 10.0 Å². The lowest BCUT2D eigenvalue weighted by Crippen LogP contribution is -2.40. The molecule has 0 spiro atoms. The Balaban J connectivity index is 2.74. The highest BCUT2D eigenvalue weighted by Crippen LogP contribution is 2.11. The van der Waals surface area contributed by atoms with E-state index in [1.165, 1.54) is 29.7 Å². The number of nitrogens with one attached hydrogen (secondary N) is 2. The minimum absolute atomic E-state index is 0.145. The fraction of sp³-hybridized carbons (Fsp3) is 0.167. The molecular weight excluding hydrogens is 212 g/mol. The van der Waals surface area contributed by atoms with Crippen molar-refractivity contribution in [1.29, 1.82) is 0 Å². The molecule has 0 fully saturated rings. The van der Waals surface area contributed by atoms with Gasteiger partial charge in [0.2, 0.25) is 5.91 Å². The van der Waals surface area contributed by atoms with E-state index in [-0.39, 0.29) is 4.90 Å². The van der Waals surface area contributed by atoms with Crippen molar-refractivity contribution in [3.63, 3.8) is 0 Å². The maximum absolute atomic E-state index is 11.3. The number of carbonyl (C=O) groups is 1. The third-order valence-corrected chi connectivity index (χ3v) is 3.24. The number of rotatable bonds is 3. The van der Waals surface area contributed by atoms with Crippen LogP contribution < -0.4 is 10.3 Å². The SMILES string of the molecule is CC(=O)NNS(=O)(=O)c1ccsc1. The van der Waals surface area contributed by atoms with Crippen molar-refractivity contribution in [2.45, 2.75) is 11.8 Å². The summed E-state index contributed by atoms with van der Waals surface area (Å²) in [6.07, 6.45) is 0. The van der Waals surface area contributed by atoms with Crippen LogP contribution in [0.1, 0.15) is 6.92 Å². The van der Waals surface area contributed by atoms with E-state index < -0.39 is 15.9 Å². The van der Waals surface area contributed by atoms with Gasteiger partial charge >= 0.3 is 0 Å². The molecule has 1 aromatic rings. The van der Waals surface area contributed by atoms with Gasteiger partial charge in [0.1, 0.15) is 0 Å². The minimum atomic E-state index is -3.58. The van der Waals surface area contributed by atoms with Gasteiger partial charge in [0.05, 0.1) is 4.90 Å². The molecule has 0 saturated heterocycles. The van der Waals surface area contributed by atoms with Gasteiger partial charge in [-0.25, -0.2) is 8.42 Å². The molecular formula is C6H8N2O3S2. The van der Waals surface area contributed by atoms with Crippen molar-refractivity contribution in [3.8, 4) is 0 Å². The summed E-state index contributed by atoms with van der Waals surface area (Å²) in [6.45, 7) is 1.22. The average Bonchev–Trinajstić information content (AvgIpc) is 2.53. The zero-order chi connectivity index (χ0) is 9.90.